The Morgan fingerprint density at radius 3 is 2.00 bits per heavy atom. The van der Waals surface area contributed by atoms with Gasteiger partial charge in [-0.3, -0.25) is 9.59 Å². The number of nitrogens with one attached hydrogen (secondary N) is 1. The second-order valence-corrected chi connectivity index (χ2v) is 6.51. The Morgan fingerprint density at radius 1 is 1.00 bits per heavy atom. The number of methoxy groups -OCH3 is 1. The van der Waals surface area contributed by atoms with Crippen LogP contribution < -0.4 is 10.1 Å². The molecule has 1 aliphatic heterocycles. The minimum Gasteiger partial charge on any atom is -0.496 e. The molecular weight excluding hydrogens is 378 g/mol. The van der Waals surface area contributed by atoms with Crippen molar-refractivity contribution >= 4 is 18.3 Å². The second kappa shape index (κ2) is 12.6. The fourth-order valence-corrected chi connectivity index (χ4v) is 2.44. The molecule has 1 saturated heterocycles. The fraction of sp³-hybridized carbons (Fsp3) is 0.364. The zero-order valence-electron chi connectivity index (χ0n) is 17.0. The second-order valence-electron chi connectivity index (χ2n) is 6.51. The van der Waals surface area contributed by atoms with Gasteiger partial charge in [0.25, 0.3) is 5.92 Å². The summed E-state index contributed by atoms with van der Waals surface area (Å²) in [6.45, 7) is 1.07. The smallest absolute Gasteiger partial charge is 0.250 e. The molecule has 0 saturated carbocycles. The molecule has 3 rings (SSSR count). The first-order valence-electron chi connectivity index (χ1n) is 9.22. The molecule has 0 atom stereocenters. The van der Waals surface area contributed by atoms with Gasteiger partial charge in [0.2, 0.25) is 0 Å². The zero-order chi connectivity index (χ0) is 21.7. The van der Waals surface area contributed by atoms with Crippen LogP contribution in [0.1, 0.15) is 33.6 Å². The van der Waals surface area contributed by atoms with Crippen LogP contribution in [0.4, 0.5) is 14.5 Å². The number of likely N-dealkylation sites (tertiary alicyclic amines) is 1. The molecule has 7 heteroatoms. The van der Waals surface area contributed by atoms with Gasteiger partial charge in [0.1, 0.15) is 12.0 Å². The molecule has 0 bridgehead atoms. The predicted molar refractivity (Wildman–Crippen MR) is 111 cm³/mol. The van der Waals surface area contributed by atoms with Crippen LogP contribution in [-0.4, -0.2) is 57.7 Å². The van der Waals surface area contributed by atoms with Gasteiger partial charge in [0.15, 0.2) is 6.29 Å². The standard InChI is InChI=1S/C8H9NO.C8H8O2.C6H11F2N/c1-9-8-4-2-7(6-10)3-5-8;1-10-8-5-3-2-4-7(8)6-9;1-9-4-2-6(7,8)3-5-9/h2-6,9H,1H3;2-6H,1H3;2-5H2,1H3. The Kier molecular flexibility index (Phi) is 10.5. The lowest BCUT2D eigenvalue weighted by atomic mass is 10.1. The number of carbonyl (C=O) groups excluding carboxylic acids is 2. The summed E-state index contributed by atoms with van der Waals surface area (Å²) in [6.07, 6.45) is 1.67. The number of halogens is 2. The molecular formula is C22H28F2N2O3. The first-order valence-corrected chi connectivity index (χ1v) is 9.22. The number of rotatable bonds is 4. The highest BCUT2D eigenvalue weighted by Gasteiger charge is 2.32. The van der Waals surface area contributed by atoms with E-state index in [-0.39, 0.29) is 12.8 Å². The van der Waals surface area contributed by atoms with Gasteiger partial charge in [0.05, 0.1) is 12.7 Å². The molecule has 1 N–H and O–H groups in total. The van der Waals surface area contributed by atoms with Gasteiger partial charge < -0.3 is 15.0 Å². The van der Waals surface area contributed by atoms with Crippen molar-refractivity contribution in [2.75, 3.05) is 39.6 Å². The first kappa shape index (κ1) is 24.2. The van der Waals surface area contributed by atoms with Crippen molar-refractivity contribution in [3.05, 3.63) is 59.7 Å². The maximum absolute atomic E-state index is 12.4. The van der Waals surface area contributed by atoms with Crippen LogP contribution in [0.25, 0.3) is 0 Å². The van der Waals surface area contributed by atoms with Gasteiger partial charge in [-0.05, 0) is 43.4 Å². The highest BCUT2D eigenvalue weighted by atomic mass is 19.3. The van der Waals surface area contributed by atoms with Crippen molar-refractivity contribution < 1.29 is 23.1 Å². The number of piperidine rings is 1. The Morgan fingerprint density at radius 2 is 1.59 bits per heavy atom. The van der Waals surface area contributed by atoms with E-state index < -0.39 is 5.92 Å². The molecule has 0 spiro atoms. The third kappa shape index (κ3) is 9.30. The van der Waals surface area contributed by atoms with Crippen LogP contribution in [-0.2, 0) is 0 Å². The Labute approximate surface area is 170 Å². The molecule has 2 aromatic rings. The number of hydrogen-bond acceptors (Lipinski definition) is 5. The molecule has 5 nitrogen and oxygen atoms in total. The molecule has 0 unspecified atom stereocenters. The SMILES string of the molecule is CN1CCC(F)(F)CC1.CNc1ccc(C=O)cc1.COc1ccccc1C=O. The van der Waals surface area contributed by atoms with Crippen LogP contribution >= 0.6 is 0 Å². The topological polar surface area (TPSA) is 58.6 Å². The lowest BCUT2D eigenvalue weighted by molar-refractivity contribution is -0.0504. The van der Waals surface area contributed by atoms with Crippen molar-refractivity contribution in [1.82, 2.24) is 4.90 Å². The van der Waals surface area contributed by atoms with Gasteiger partial charge in [-0.15, -0.1) is 0 Å². The summed E-state index contributed by atoms with van der Waals surface area (Å²) in [4.78, 5) is 22.4. The number of carbonyl (C=O) groups is 2. The molecule has 0 amide bonds. The van der Waals surface area contributed by atoms with E-state index in [0.717, 1.165) is 18.3 Å². The number of benzene rings is 2. The molecule has 0 aromatic heterocycles. The van der Waals surface area contributed by atoms with Gasteiger partial charge in [-0.1, -0.05) is 12.1 Å². The Hall–Kier alpha value is -2.80. The average molecular weight is 406 g/mol. The van der Waals surface area contributed by atoms with Crippen LogP contribution in [0.2, 0.25) is 0 Å². The molecule has 0 radical (unpaired) electrons. The van der Waals surface area contributed by atoms with Crippen molar-refractivity contribution in [3.63, 3.8) is 0 Å². The summed E-state index contributed by atoms with van der Waals surface area (Å²) in [5.74, 6) is -1.76. The number of hydrogen-bond donors (Lipinski definition) is 1. The highest BCUT2D eigenvalue weighted by Crippen LogP contribution is 2.26. The van der Waals surface area contributed by atoms with Crippen LogP contribution in [0.3, 0.4) is 0 Å². The molecule has 1 fully saturated rings. The van der Waals surface area contributed by atoms with E-state index >= 15 is 0 Å². The number of alkyl halides is 2. The van der Waals surface area contributed by atoms with E-state index in [1.807, 2.05) is 37.2 Å². The van der Waals surface area contributed by atoms with E-state index in [2.05, 4.69) is 5.32 Å². The minimum atomic E-state index is -2.38. The average Bonchev–Trinajstić information content (AvgIpc) is 2.76. The van der Waals surface area contributed by atoms with Crippen molar-refractivity contribution in [1.29, 1.82) is 0 Å². The summed E-state index contributed by atoms with van der Waals surface area (Å²) in [5.41, 5.74) is 2.31. The number of aldehydes is 2. The van der Waals surface area contributed by atoms with Crippen molar-refractivity contribution in [3.8, 4) is 5.75 Å². The molecule has 2 aromatic carbocycles. The number of nitrogens with zero attached hydrogens (tertiary/aromatic N) is 1. The molecule has 1 heterocycles. The van der Waals surface area contributed by atoms with Crippen LogP contribution in [0.15, 0.2) is 48.5 Å². The maximum Gasteiger partial charge on any atom is 0.250 e. The molecule has 29 heavy (non-hydrogen) atoms. The summed E-state index contributed by atoms with van der Waals surface area (Å²) >= 11 is 0. The van der Waals surface area contributed by atoms with E-state index in [0.29, 0.717) is 30.0 Å². The van der Waals surface area contributed by atoms with Gasteiger partial charge in [0, 0.05) is 44.2 Å². The van der Waals surface area contributed by atoms with E-state index in [1.165, 1.54) is 0 Å². The summed E-state index contributed by atoms with van der Waals surface area (Å²) in [7, 11) is 5.26. The third-order valence-electron chi connectivity index (χ3n) is 4.32. The van der Waals surface area contributed by atoms with E-state index in [9.17, 15) is 18.4 Å². The third-order valence-corrected chi connectivity index (χ3v) is 4.32. The molecule has 1 aliphatic rings. The summed E-state index contributed by atoms with van der Waals surface area (Å²) < 4.78 is 29.6. The van der Waals surface area contributed by atoms with Crippen molar-refractivity contribution in [2.24, 2.45) is 0 Å². The molecule has 0 aliphatic carbocycles. The quantitative estimate of drug-likeness (QED) is 0.763. The number of anilines is 1. The van der Waals surface area contributed by atoms with Gasteiger partial charge >= 0.3 is 0 Å². The van der Waals surface area contributed by atoms with Gasteiger partial charge in [-0.25, -0.2) is 8.78 Å². The summed E-state index contributed by atoms with van der Waals surface area (Å²) in [6, 6.07) is 14.4. The Balaban J connectivity index is 0.000000218. The van der Waals surface area contributed by atoms with Crippen LogP contribution in [0, 0.1) is 0 Å². The van der Waals surface area contributed by atoms with Crippen LogP contribution in [0.5, 0.6) is 5.75 Å². The van der Waals surface area contributed by atoms with Crippen molar-refractivity contribution in [2.45, 2.75) is 18.8 Å². The minimum absolute atomic E-state index is 0.0312. The largest absolute Gasteiger partial charge is 0.496 e. The number of para-hydroxylation sites is 1. The summed E-state index contributed by atoms with van der Waals surface area (Å²) in [5, 5.41) is 2.96. The predicted octanol–water partition coefficient (Wildman–Crippen LogP) is 4.40. The zero-order valence-corrected chi connectivity index (χ0v) is 17.0. The monoisotopic (exact) mass is 406 g/mol. The highest BCUT2D eigenvalue weighted by molar-refractivity contribution is 5.79. The maximum atomic E-state index is 12.4. The van der Waals surface area contributed by atoms with Gasteiger partial charge in [-0.2, -0.15) is 0 Å². The lowest BCUT2D eigenvalue weighted by Gasteiger charge is -2.28. The lowest BCUT2D eigenvalue weighted by Crippen LogP contribution is -2.36. The van der Waals surface area contributed by atoms with E-state index in [1.54, 1.807) is 37.4 Å². The normalized spacial score (nSPS) is 14.9. The Bertz CT molecular complexity index is 742. The van der Waals surface area contributed by atoms with E-state index in [4.69, 9.17) is 4.74 Å². The fourth-order valence-electron chi connectivity index (χ4n) is 2.44. The molecule has 158 valence electrons. The first-order chi connectivity index (χ1) is 13.8. The number of ether oxygens (including phenoxy) is 1.